The van der Waals surface area contributed by atoms with Crippen molar-refractivity contribution in [1.29, 1.82) is 0 Å². The van der Waals surface area contributed by atoms with Crippen LogP contribution >= 0.6 is 22.7 Å². The molecule has 0 fully saturated rings. The molecule has 1 atom stereocenters. The molecule has 142 valence electrons. The van der Waals surface area contributed by atoms with Crippen molar-refractivity contribution >= 4 is 38.9 Å². The van der Waals surface area contributed by atoms with E-state index in [9.17, 15) is 9.59 Å². The number of hydrogen-bond donors (Lipinski definition) is 1. The molecule has 0 aliphatic carbocycles. The Hall–Kier alpha value is -2.77. The Morgan fingerprint density at radius 1 is 1.18 bits per heavy atom. The highest BCUT2D eigenvalue weighted by molar-refractivity contribution is 7.18. The minimum absolute atomic E-state index is 0.211. The SMILES string of the molecule is C[C@@H](OC(=O)CCc1ccccc1)c1nc2scc(-c3cccs3)c2c(=O)[nH]1. The molecule has 0 aliphatic heterocycles. The topological polar surface area (TPSA) is 72.0 Å². The van der Waals surface area contributed by atoms with Gasteiger partial charge in [0.05, 0.1) is 5.39 Å². The fraction of sp³-hybridized carbons (Fsp3) is 0.190. The number of hydrogen-bond acceptors (Lipinski definition) is 6. The Morgan fingerprint density at radius 2 is 2.00 bits per heavy atom. The van der Waals surface area contributed by atoms with Crippen molar-refractivity contribution in [3.63, 3.8) is 0 Å². The number of ether oxygens (including phenoxy) is 1. The molecular formula is C21H18N2O3S2. The zero-order valence-electron chi connectivity index (χ0n) is 15.2. The van der Waals surface area contributed by atoms with Crippen molar-refractivity contribution in [2.75, 3.05) is 0 Å². The van der Waals surface area contributed by atoms with Crippen LogP contribution in [0.25, 0.3) is 20.7 Å². The zero-order chi connectivity index (χ0) is 19.5. The van der Waals surface area contributed by atoms with Crippen LogP contribution < -0.4 is 5.56 Å². The Balaban J connectivity index is 1.49. The molecule has 0 spiro atoms. The first-order valence-corrected chi connectivity index (χ1v) is 10.7. The molecule has 0 unspecified atom stereocenters. The van der Waals surface area contributed by atoms with Gasteiger partial charge in [0.1, 0.15) is 4.83 Å². The molecule has 3 heterocycles. The lowest BCUT2D eigenvalue weighted by Gasteiger charge is -2.12. The van der Waals surface area contributed by atoms with Crippen LogP contribution in [0.1, 0.15) is 30.8 Å². The number of aryl methyl sites for hydroxylation is 1. The van der Waals surface area contributed by atoms with E-state index in [2.05, 4.69) is 9.97 Å². The Labute approximate surface area is 169 Å². The minimum atomic E-state index is -0.618. The first-order valence-electron chi connectivity index (χ1n) is 8.90. The summed E-state index contributed by atoms with van der Waals surface area (Å²) in [5.41, 5.74) is 1.76. The lowest BCUT2D eigenvalue weighted by atomic mass is 10.1. The standard InChI is InChI=1S/C21H18N2O3S2/c1-13(26-17(24)10-9-14-6-3-2-4-7-14)19-22-20(25)18-15(12-28-21(18)23-19)16-8-5-11-27-16/h2-8,11-13H,9-10H2,1H3,(H,22,23,25)/t13-/m1/s1. The van der Waals surface area contributed by atoms with Gasteiger partial charge in [-0.15, -0.1) is 22.7 Å². The first kappa shape index (κ1) is 18.6. The molecule has 5 nitrogen and oxygen atoms in total. The van der Waals surface area contributed by atoms with E-state index in [0.717, 1.165) is 16.0 Å². The molecule has 1 aromatic carbocycles. The maximum absolute atomic E-state index is 12.7. The molecule has 4 rings (SSSR count). The van der Waals surface area contributed by atoms with Crippen LogP contribution in [-0.2, 0) is 16.0 Å². The van der Waals surface area contributed by atoms with Crippen molar-refractivity contribution < 1.29 is 9.53 Å². The number of thiophene rings is 2. The van der Waals surface area contributed by atoms with Crippen molar-refractivity contribution in [3.05, 3.63) is 75.0 Å². The number of H-pyrrole nitrogens is 1. The van der Waals surface area contributed by atoms with Crippen molar-refractivity contribution in [3.8, 4) is 10.4 Å². The van der Waals surface area contributed by atoms with E-state index in [1.165, 1.54) is 11.3 Å². The van der Waals surface area contributed by atoms with Gasteiger partial charge in [-0.25, -0.2) is 4.98 Å². The monoisotopic (exact) mass is 410 g/mol. The van der Waals surface area contributed by atoms with Gasteiger partial charge in [0.2, 0.25) is 0 Å². The van der Waals surface area contributed by atoms with Crippen LogP contribution in [0.5, 0.6) is 0 Å². The minimum Gasteiger partial charge on any atom is -0.454 e. The van der Waals surface area contributed by atoms with Gasteiger partial charge in [-0.05, 0) is 30.4 Å². The molecule has 7 heteroatoms. The van der Waals surface area contributed by atoms with Crippen molar-refractivity contribution in [2.45, 2.75) is 25.9 Å². The van der Waals surface area contributed by atoms with E-state index in [1.54, 1.807) is 18.3 Å². The number of carbonyl (C=O) groups is 1. The van der Waals surface area contributed by atoms with Crippen molar-refractivity contribution in [2.24, 2.45) is 0 Å². The summed E-state index contributed by atoms with van der Waals surface area (Å²) in [6.45, 7) is 1.72. The summed E-state index contributed by atoms with van der Waals surface area (Å²) >= 11 is 3.00. The van der Waals surface area contributed by atoms with Gasteiger partial charge < -0.3 is 9.72 Å². The van der Waals surface area contributed by atoms with Gasteiger partial charge in [0.15, 0.2) is 11.9 Å². The maximum atomic E-state index is 12.7. The second-order valence-electron chi connectivity index (χ2n) is 6.38. The quantitative estimate of drug-likeness (QED) is 0.457. The molecule has 0 amide bonds. The Kier molecular flexibility index (Phi) is 5.36. The van der Waals surface area contributed by atoms with E-state index in [0.29, 0.717) is 22.5 Å². The molecule has 1 N–H and O–H groups in total. The number of carbonyl (C=O) groups excluding carboxylic acids is 1. The van der Waals surface area contributed by atoms with Crippen LogP contribution in [0.3, 0.4) is 0 Å². The molecule has 0 saturated carbocycles. The predicted molar refractivity (Wildman–Crippen MR) is 113 cm³/mol. The highest BCUT2D eigenvalue weighted by Gasteiger charge is 2.18. The number of aromatic nitrogens is 2. The second kappa shape index (κ2) is 8.08. The fourth-order valence-corrected chi connectivity index (χ4v) is 4.74. The summed E-state index contributed by atoms with van der Waals surface area (Å²) in [4.78, 5) is 33.8. The molecule has 0 aliphatic rings. The van der Waals surface area contributed by atoms with E-state index < -0.39 is 6.10 Å². The lowest BCUT2D eigenvalue weighted by molar-refractivity contribution is -0.148. The van der Waals surface area contributed by atoms with E-state index in [-0.39, 0.29) is 17.9 Å². The first-order chi connectivity index (χ1) is 13.6. The molecule has 28 heavy (non-hydrogen) atoms. The average molecular weight is 411 g/mol. The van der Waals surface area contributed by atoms with E-state index >= 15 is 0 Å². The van der Waals surface area contributed by atoms with Gasteiger partial charge >= 0.3 is 5.97 Å². The summed E-state index contributed by atoms with van der Waals surface area (Å²) in [5.74, 6) is 0.0506. The van der Waals surface area contributed by atoms with E-state index in [4.69, 9.17) is 4.74 Å². The zero-order valence-corrected chi connectivity index (χ0v) is 16.8. The van der Waals surface area contributed by atoms with Crippen LogP contribution in [0.4, 0.5) is 0 Å². The predicted octanol–water partition coefficient (Wildman–Crippen LogP) is 4.95. The summed E-state index contributed by atoms with van der Waals surface area (Å²) < 4.78 is 5.48. The molecule has 3 aromatic heterocycles. The van der Waals surface area contributed by atoms with Crippen LogP contribution in [0, 0.1) is 0 Å². The number of rotatable bonds is 6. The van der Waals surface area contributed by atoms with Crippen molar-refractivity contribution in [1.82, 2.24) is 9.97 Å². The maximum Gasteiger partial charge on any atom is 0.306 e. The third-order valence-electron chi connectivity index (χ3n) is 4.40. The molecular weight excluding hydrogens is 392 g/mol. The smallest absolute Gasteiger partial charge is 0.306 e. The molecule has 0 radical (unpaired) electrons. The third kappa shape index (κ3) is 3.90. The van der Waals surface area contributed by atoms with E-state index in [1.807, 2.05) is 53.2 Å². The summed E-state index contributed by atoms with van der Waals surface area (Å²) in [7, 11) is 0. The molecule has 4 aromatic rings. The Bertz CT molecular complexity index is 1150. The Morgan fingerprint density at radius 3 is 2.75 bits per heavy atom. The summed E-state index contributed by atoms with van der Waals surface area (Å²) in [5, 5.41) is 4.50. The van der Waals surface area contributed by atoms with Crippen LogP contribution in [0.2, 0.25) is 0 Å². The highest BCUT2D eigenvalue weighted by atomic mass is 32.1. The van der Waals surface area contributed by atoms with Gasteiger partial charge in [0.25, 0.3) is 5.56 Å². The van der Waals surface area contributed by atoms with Gasteiger partial charge in [-0.2, -0.15) is 0 Å². The van der Waals surface area contributed by atoms with Gasteiger partial charge in [-0.3, -0.25) is 9.59 Å². The summed E-state index contributed by atoms with van der Waals surface area (Å²) in [6.07, 6.45) is 0.278. The third-order valence-corrected chi connectivity index (χ3v) is 6.18. The second-order valence-corrected chi connectivity index (χ2v) is 8.18. The van der Waals surface area contributed by atoms with Crippen LogP contribution in [0.15, 0.2) is 58.0 Å². The molecule has 0 bridgehead atoms. The lowest BCUT2D eigenvalue weighted by Crippen LogP contribution is -2.17. The normalized spacial score (nSPS) is 12.2. The number of esters is 1. The van der Waals surface area contributed by atoms with Gasteiger partial charge in [-0.1, -0.05) is 36.4 Å². The largest absolute Gasteiger partial charge is 0.454 e. The van der Waals surface area contributed by atoms with Crippen LogP contribution in [-0.4, -0.2) is 15.9 Å². The molecule has 0 saturated heterocycles. The fourth-order valence-electron chi connectivity index (χ4n) is 2.97. The average Bonchev–Trinajstić information content (AvgIpc) is 3.36. The number of fused-ring (bicyclic) bond motifs is 1. The number of aromatic amines is 1. The summed E-state index contributed by atoms with van der Waals surface area (Å²) in [6, 6.07) is 13.7. The number of benzene rings is 1. The number of nitrogens with one attached hydrogen (secondary N) is 1. The highest BCUT2D eigenvalue weighted by Crippen LogP contribution is 2.33. The number of nitrogens with zero attached hydrogens (tertiary/aromatic N) is 1. The van der Waals surface area contributed by atoms with Gasteiger partial charge in [0, 0.05) is 22.2 Å².